The Bertz CT molecular complexity index is 354. The van der Waals surface area contributed by atoms with Crippen molar-refractivity contribution < 1.29 is 19.7 Å². The van der Waals surface area contributed by atoms with Crippen molar-refractivity contribution in [3.8, 4) is 0 Å². The Morgan fingerprint density at radius 2 is 2.25 bits per heavy atom. The molecule has 1 atom stereocenters. The first kappa shape index (κ1) is 12.5. The van der Waals surface area contributed by atoms with Gasteiger partial charge in [0.1, 0.15) is 12.7 Å². The second-order valence-electron chi connectivity index (χ2n) is 3.44. The Hall–Kier alpha value is -1.59. The summed E-state index contributed by atoms with van der Waals surface area (Å²) < 4.78 is 4.75. The summed E-state index contributed by atoms with van der Waals surface area (Å²) >= 11 is 0. The third-order valence-electron chi connectivity index (χ3n) is 1.95. The van der Waals surface area contributed by atoms with E-state index in [1.165, 1.54) is 0 Å². The number of nitrogens with two attached hydrogens (primary N) is 1. The van der Waals surface area contributed by atoms with Crippen molar-refractivity contribution in [1.29, 1.82) is 0 Å². The van der Waals surface area contributed by atoms with Crippen molar-refractivity contribution in [2.24, 2.45) is 0 Å². The van der Waals surface area contributed by atoms with E-state index in [0.717, 1.165) is 5.56 Å². The fourth-order valence-electron chi connectivity index (χ4n) is 1.16. The molecule has 0 radical (unpaired) electrons. The zero-order valence-electron chi connectivity index (χ0n) is 8.80. The molecule has 1 aromatic rings. The summed E-state index contributed by atoms with van der Waals surface area (Å²) in [5.41, 5.74) is 6.89. The fraction of sp³-hybridized carbons (Fsp3) is 0.364. The molecular formula is C11H15NO4. The number of nitrogen functional groups attached to an aromatic ring is 1. The number of esters is 1. The minimum atomic E-state index is -1.02. The molecule has 16 heavy (non-hydrogen) atoms. The van der Waals surface area contributed by atoms with E-state index >= 15 is 0 Å². The van der Waals surface area contributed by atoms with Gasteiger partial charge >= 0.3 is 5.97 Å². The third-order valence-corrected chi connectivity index (χ3v) is 1.95. The summed E-state index contributed by atoms with van der Waals surface area (Å²) in [6.07, 6.45) is -0.923. The van der Waals surface area contributed by atoms with Crippen LogP contribution >= 0.6 is 0 Å². The largest absolute Gasteiger partial charge is 0.463 e. The molecule has 88 valence electrons. The van der Waals surface area contributed by atoms with E-state index < -0.39 is 18.7 Å². The van der Waals surface area contributed by atoms with Gasteiger partial charge in [0.25, 0.3) is 0 Å². The normalized spacial score (nSPS) is 12.1. The highest BCUT2D eigenvalue weighted by Crippen LogP contribution is 2.07. The Balaban J connectivity index is 2.40. The number of ether oxygens (including phenoxy) is 1. The number of anilines is 1. The topological polar surface area (TPSA) is 92.8 Å². The number of benzene rings is 1. The number of carbonyl (C=O) groups excluding carboxylic acids is 1. The van der Waals surface area contributed by atoms with Gasteiger partial charge in [-0.05, 0) is 17.7 Å². The SMILES string of the molecule is Nc1cccc(CC(=O)OCC(O)CO)c1. The number of aliphatic hydroxyl groups excluding tert-OH is 2. The predicted octanol–water partition coefficient (Wildman–Crippen LogP) is -0.292. The van der Waals surface area contributed by atoms with Crippen LogP contribution in [-0.4, -0.2) is 35.5 Å². The molecule has 0 fully saturated rings. The summed E-state index contributed by atoms with van der Waals surface area (Å²) in [6, 6.07) is 6.93. The molecule has 1 unspecified atom stereocenters. The molecule has 0 aliphatic carbocycles. The molecule has 0 aliphatic rings. The molecule has 5 nitrogen and oxygen atoms in total. The molecule has 4 N–H and O–H groups in total. The monoisotopic (exact) mass is 225 g/mol. The maximum absolute atomic E-state index is 11.3. The summed E-state index contributed by atoms with van der Waals surface area (Å²) in [5.74, 6) is -0.460. The molecule has 0 bridgehead atoms. The highest BCUT2D eigenvalue weighted by atomic mass is 16.5. The molecule has 1 aromatic carbocycles. The van der Waals surface area contributed by atoms with Crippen LogP contribution in [0.25, 0.3) is 0 Å². The zero-order valence-corrected chi connectivity index (χ0v) is 8.80. The smallest absolute Gasteiger partial charge is 0.310 e. The van der Waals surface area contributed by atoms with E-state index in [-0.39, 0.29) is 13.0 Å². The first-order valence-corrected chi connectivity index (χ1v) is 4.90. The molecule has 0 saturated heterocycles. The summed E-state index contributed by atoms with van der Waals surface area (Å²) in [6.45, 7) is -0.622. The van der Waals surface area contributed by atoms with Gasteiger partial charge in [-0.1, -0.05) is 12.1 Å². The number of rotatable bonds is 5. The Labute approximate surface area is 93.5 Å². The lowest BCUT2D eigenvalue weighted by atomic mass is 10.1. The van der Waals surface area contributed by atoms with Crippen molar-refractivity contribution in [2.45, 2.75) is 12.5 Å². The van der Waals surface area contributed by atoms with E-state index in [2.05, 4.69) is 0 Å². The van der Waals surface area contributed by atoms with E-state index in [9.17, 15) is 4.79 Å². The van der Waals surface area contributed by atoms with Gasteiger partial charge < -0.3 is 20.7 Å². The van der Waals surface area contributed by atoms with Crippen molar-refractivity contribution >= 4 is 11.7 Å². The van der Waals surface area contributed by atoms with Gasteiger partial charge in [0, 0.05) is 5.69 Å². The Morgan fingerprint density at radius 3 is 2.88 bits per heavy atom. The molecule has 0 aliphatic heterocycles. The van der Waals surface area contributed by atoms with E-state index in [4.69, 9.17) is 20.7 Å². The first-order valence-electron chi connectivity index (χ1n) is 4.90. The van der Waals surface area contributed by atoms with Crippen LogP contribution in [0.2, 0.25) is 0 Å². The van der Waals surface area contributed by atoms with Crippen molar-refractivity contribution in [1.82, 2.24) is 0 Å². The maximum atomic E-state index is 11.3. The quantitative estimate of drug-likeness (QED) is 0.473. The molecule has 0 heterocycles. The molecule has 0 saturated carbocycles. The lowest BCUT2D eigenvalue weighted by Crippen LogP contribution is -2.22. The first-order chi connectivity index (χ1) is 7.61. The van der Waals surface area contributed by atoms with Gasteiger partial charge in [0.15, 0.2) is 0 Å². The third kappa shape index (κ3) is 4.29. The average Bonchev–Trinajstić information content (AvgIpc) is 2.26. The maximum Gasteiger partial charge on any atom is 0.310 e. The highest BCUT2D eigenvalue weighted by Gasteiger charge is 2.08. The molecular weight excluding hydrogens is 210 g/mol. The second kappa shape index (κ2) is 6.09. The summed E-state index contributed by atoms with van der Waals surface area (Å²) in [4.78, 5) is 11.3. The van der Waals surface area contributed by atoms with Crippen LogP contribution in [0.4, 0.5) is 5.69 Å². The van der Waals surface area contributed by atoms with Gasteiger partial charge in [0.05, 0.1) is 13.0 Å². The molecule has 0 amide bonds. The van der Waals surface area contributed by atoms with Crippen LogP contribution < -0.4 is 5.73 Å². The van der Waals surface area contributed by atoms with Crippen molar-refractivity contribution in [3.63, 3.8) is 0 Å². The predicted molar refractivity (Wildman–Crippen MR) is 58.6 cm³/mol. The van der Waals surface area contributed by atoms with Crippen LogP contribution in [0.3, 0.4) is 0 Å². The standard InChI is InChI=1S/C11H15NO4/c12-9-3-1-2-8(4-9)5-11(15)16-7-10(14)6-13/h1-4,10,13-14H,5-7,12H2. The average molecular weight is 225 g/mol. The zero-order chi connectivity index (χ0) is 12.0. The van der Waals surface area contributed by atoms with Crippen LogP contribution in [0.5, 0.6) is 0 Å². The van der Waals surface area contributed by atoms with Crippen LogP contribution in [0.15, 0.2) is 24.3 Å². The van der Waals surface area contributed by atoms with Gasteiger partial charge in [-0.3, -0.25) is 4.79 Å². The van der Waals surface area contributed by atoms with Gasteiger partial charge in [0.2, 0.25) is 0 Å². The molecule has 0 spiro atoms. The lowest BCUT2D eigenvalue weighted by Gasteiger charge is -2.08. The van der Waals surface area contributed by atoms with E-state index in [1.807, 2.05) is 0 Å². The van der Waals surface area contributed by atoms with Gasteiger partial charge in [-0.15, -0.1) is 0 Å². The number of hydrogen-bond donors (Lipinski definition) is 3. The van der Waals surface area contributed by atoms with Crippen molar-refractivity contribution in [2.75, 3.05) is 18.9 Å². The second-order valence-corrected chi connectivity index (χ2v) is 3.44. The highest BCUT2D eigenvalue weighted by molar-refractivity contribution is 5.73. The minimum Gasteiger partial charge on any atom is -0.463 e. The molecule has 0 aromatic heterocycles. The van der Waals surface area contributed by atoms with Gasteiger partial charge in [-0.25, -0.2) is 0 Å². The van der Waals surface area contributed by atoms with Crippen LogP contribution in [0, 0.1) is 0 Å². The number of aliphatic hydroxyl groups is 2. The summed E-state index contributed by atoms with van der Waals surface area (Å²) in [7, 11) is 0. The minimum absolute atomic E-state index is 0.100. The van der Waals surface area contributed by atoms with E-state index in [0.29, 0.717) is 5.69 Å². The lowest BCUT2D eigenvalue weighted by molar-refractivity contribution is -0.146. The van der Waals surface area contributed by atoms with E-state index in [1.54, 1.807) is 24.3 Å². The summed E-state index contributed by atoms with van der Waals surface area (Å²) in [5, 5.41) is 17.5. The Kier molecular flexibility index (Phi) is 4.75. The number of hydrogen-bond acceptors (Lipinski definition) is 5. The van der Waals surface area contributed by atoms with Crippen LogP contribution in [-0.2, 0) is 16.0 Å². The van der Waals surface area contributed by atoms with Crippen LogP contribution in [0.1, 0.15) is 5.56 Å². The van der Waals surface area contributed by atoms with Crippen molar-refractivity contribution in [3.05, 3.63) is 29.8 Å². The number of carbonyl (C=O) groups is 1. The van der Waals surface area contributed by atoms with Gasteiger partial charge in [-0.2, -0.15) is 0 Å². The Morgan fingerprint density at radius 1 is 1.50 bits per heavy atom. The fourth-order valence-corrected chi connectivity index (χ4v) is 1.16. The molecule has 5 heteroatoms. The molecule has 1 rings (SSSR count).